The monoisotopic (exact) mass is 415 g/mol. The molecule has 3 aliphatic rings. The molecule has 0 aromatic heterocycles. The molecule has 162 valence electrons. The van der Waals surface area contributed by atoms with Crippen LogP contribution in [0.3, 0.4) is 0 Å². The largest absolute Gasteiger partial charge is 0.489 e. The first-order valence-corrected chi connectivity index (χ1v) is 10.9. The maximum atomic E-state index is 12.9. The van der Waals surface area contributed by atoms with Crippen LogP contribution in [0, 0.1) is 0 Å². The van der Waals surface area contributed by atoms with Crippen molar-refractivity contribution in [3.8, 4) is 5.75 Å². The van der Waals surface area contributed by atoms with E-state index in [1.807, 2.05) is 12.1 Å². The molecule has 0 spiro atoms. The van der Waals surface area contributed by atoms with Crippen molar-refractivity contribution in [3.63, 3.8) is 0 Å². The number of alkyl halides is 1. The first-order chi connectivity index (χ1) is 14.5. The predicted octanol–water partition coefficient (Wildman–Crippen LogP) is 3.03. The smallest absolute Gasteiger partial charge is 0.255 e. The average molecular weight is 416 g/mol. The van der Waals surface area contributed by atoms with E-state index in [2.05, 4.69) is 23.7 Å². The maximum Gasteiger partial charge on any atom is 0.255 e. The van der Waals surface area contributed by atoms with Crippen molar-refractivity contribution in [2.45, 2.75) is 63.8 Å². The van der Waals surface area contributed by atoms with Gasteiger partial charge in [0.05, 0.1) is 0 Å². The Balaban J connectivity index is 1.46. The topological polar surface area (TPSA) is 61.9 Å². The van der Waals surface area contributed by atoms with Crippen LogP contribution in [0.15, 0.2) is 30.5 Å². The van der Waals surface area contributed by atoms with E-state index in [0.717, 1.165) is 37.1 Å². The van der Waals surface area contributed by atoms with Crippen molar-refractivity contribution in [2.75, 3.05) is 19.8 Å². The summed E-state index contributed by atoms with van der Waals surface area (Å²) in [4.78, 5) is 29.0. The minimum absolute atomic E-state index is 0.0258. The number of benzene rings is 1. The molecule has 30 heavy (non-hydrogen) atoms. The predicted molar refractivity (Wildman–Crippen MR) is 112 cm³/mol. The zero-order valence-electron chi connectivity index (χ0n) is 17.5. The Morgan fingerprint density at radius 3 is 2.87 bits per heavy atom. The highest BCUT2D eigenvalue weighted by atomic mass is 19.1. The van der Waals surface area contributed by atoms with Gasteiger partial charge in [0.2, 0.25) is 5.91 Å². The lowest BCUT2D eigenvalue weighted by Gasteiger charge is -2.31. The van der Waals surface area contributed by atoms with Crippen LogP contribution in [0.5, 0.6) is 5.75 Å². The summed E-state index contributed by atoms with van der Waals surface area (Å²) in [6, 6.07) is 5.32. The Bertz CT molecular complexity index is 843. The molecule has 6 nitrogen and oxygen atoms in total. The summed E-state index contributed by atoms with van der Waals surface area (Å²) >= 11 is 0. The van der Waals surface area contributed by atoms with Crippen molar-refractivity contribution in [2.24, 2.45) is 0 Å². The van der Waals surface area contributed by atoms with Crippen molar-refractivity contribution in [3.05, 3.63) is 41.6 Å². The van der Waals surface area contributed by atoms with Gasteiger partial charge in [0.1, 0.15) is 24.6 Å². The van der Waals surface area contributed by atoms with Crippen molar-refractivity contribution < 1.29 is 18.7 Å². The Kier molecular flexibility index (Phi) is 6.09. The molecule has 3 atom stereocenters. The van der Waals surface area contributed by atoms with Crippen LogP contribution in [0.4, 0.5) is 4.39 Å². The molecule has 2 heterocycles. The van der Waals surface area contributed by atoms with E-state index in [0.29, 0.717) is 37.2 Å². The number of amides is 2. The Labute approximate surface area is 177 Å². The summed E-state index contributed by atoms with van der Waals surface area (Å²) in [7, 11) is 0. The zero-order chi connectivity index (χ0) is 21.3. The lowest BCUT2D eigenvalue weighted by Crippen LogP contribution is -2.49. The Hall–Kier alpha value is -2.41. The number of nitrogens with zero attached hydrogens (tertiary/aromatic N) is 2. The first kappa shape index (κ1) is 20.8. The summed E-state index contributed by atoms with van der Waals surface area (Å²) in [5.41, 5.74) is 2.23. The summed E-state index contributed by atoms with van der Waals surface area (Å²) in [5, 5.41) is 2.76. The molecule has 1 N–H and O–H groups in total. The molecule has 7 heteroatoms. The molecule has 1 aromatic rings. The van der Waals surface area contributed by atoms with Gasteiger partial charge in [0.15, 0.2) is 0 Å². The molecular weight excluding hydrogens is 385 g/mol. The van der Waals surface area contributed by atoms with Crippen molar-refractivity contribution >= 4 is 11.8 Å². The van der Waals surface area contributed by atoms with Crippen molar-refractivity contribution in [1.29, 1.82) is 0 Å². The van der Waals surface area contributed by atoms with Crippen LogP contribution in [0.25, 0.3) is 0 Å². The highest BCUT2D eigenvalue weighted by Gasteiger charge is 2.38. The number of hydrogen-bond donors (Lipinski definition) is 1. The van der Waals surface area contributed by atoms with Crippen LogP contribution >= 0.6 is 0 Å². The van der Waals surface area contributed by atoms with Gasteiger partial charge in [-0.2, -0.15) is 0 Å². The fourth-order valence-corrected chi connectivity index (χ4v) is 5.01. The van der Waals surface area contributed by atoms with Gasteiger partial charge in [-0.3, -0.25) is 14.5 Å². The maximum absolute atomic E-state index is 12.9. The molecule has 1 saturated heterocycles. The third kappa shape index (κ3) is 3.95. The third-order valence-electron chi connectivity index (χ3n) is 6.56. The summed E-state index contributed by atoms with van der Waals surface area (Å²) in [5.74, 6) is 0.464. The van der Waals surface area contributed by atoms with Gasteiger partial charge < -0.3 is 15.0 Å². The lowest BCUT2D eigenvalue weighted by molar-refractivity contribution is -0.126. The van der Waals surface area contributed by atoms with Gasteiger partial charge >= 0.3 is 0 Å². The van der Waals surface area contributed by atoms with E-state index >= 15 is 0 Å². The molecule has 2 fully saturated rings. The van der Waals surface area contributed by atoms with Crippen LogP contribution < -0.4 is 10.1 Å². The molecule has 2 aliphatic heterocycles. The second-order valence-corrected chi connectivity index (χ2v) is 8.37. The zero-order valence-corrected chi connectivity index (χ0v) is 17.5. The quantitative estimate of drug-likeness (QED) is 0.744. The minimum atomic E-state index is -0.460. The van der Waals surface area contributed by atoms with E-state index in [4.69, 9.17) is 4.74 Å². The highest BCUT2D eigenvalue weighted by Crippen LogP contribution is 2.33. The average Bonchev–Trinajstić information content (AvgIpc) is 3.30. The SMILES string of the molecule is C=C1CCC(N2Cc3cc(O[C@@H]4CCC[C@@H]4N(CC)CCF)ccc3C2=O)C(=O)N1. The van der Waals surface area contributed by atoms with E-state index in [1.54, 1.807) is 11.0 Å². The number of nitrogens with one attached hydrogen (secondary N) is 1. The van der Waals surface area contributed by atoms with E-state index in [1.165, 1.54) is 0 Å². The number of fused-ring (bicyclic) bond motifs is 1. The summed E-state index contributed by atoms with van der Waals surface area (Å²) in [6.45, 7) is 7.15. The number of halogens is 1. The molecule has 2 amide bonds. The van der Waals surface area contributed by atoms with E-state index in [9.17, 15) is 14.0 Å². The molecule has 1 saturated carbocycles. The Morgan fingerprint density at radius 1 is 1.30 bits per heavy atom. The van der Waals surface area contributed by atoms with Crippen LogP contribution in [-0.4, -0.2) is 59.6 Å². The number of allylic oxidation sites excluding steroid dienone is 1. The minimum Gasteiger partial charge on any atom is -0.489 e. The van der Waals surface area contributed by atoms with Gasteiger partial charge in [-0.25, -0.2) is 4.39 Å². The lowest BCUT2D eigenvalue weighted by atomic mass is 10.0. The Morgan fingerprint density at radius 2 is 2.13 bits per heavy atom. The number of carbonyl (C=O) groups is 2. The van der Waals surface area contributed by atoms with Crippen LogP contribution in [-0.2, 0) is 11.3 Å². The number of carbonyl (C=O) groups excluding carboxylic acids is 2. The summed E-state index contributed by atoms with van der Waals surface area (Å²) in [6.07, 6.45) is 4.33. The molecule has 4 rings (SSSR count). The molecule has 1 unspecified atom stereocenters. The molecule has 0 radical (unpaired) electrons. The van der Waals surface area contributed by atoms with E-state index < -0.39 is 6.04 Å². The second kappa shape index (κ2) is 8.76. The second-order valence-electron chi connectivity index (χ2n) is 8.37. The van der Waals surface area contributed by atoms with Gasteiger partial charge in [0.25, 0.3) is 5.91 Å². The molecule has 1 aliphatic carbocycles. The van der Waals surface area contributed by atoms with Gasteiger partial charge in [-0.1, -0.05) is 13.5 Å². The van der Waals surface area contributed by atoms with Gasteiger partial charge in [0, 0.05) is 30.4 Å². The number of ether oxygens (including phenoxy) is 1. The number of piperidine rings is 1. The van der Waals surface area contributed by atoms with Gasteiger partial charge in [-0.05, 0) is 62.4 Å². The normalized spacial score (nSPS) is 26.3. The number of rotatable bonds is 7. The van der Waals surface area contributed by atoms with Crippen LogP contribution in [0.1, 0.15) is 54.9 Å². The first-order valence-electron chi connectivity index (χ1n) is 10.9. The van der Waals surface area contributed by atoms with Crippen LogP contribution in [0.2, 0.25) is 0 Å². The molecule has 0 bridgehead atoms. The fourth-order valence-electron chi connectivity index (χ4n) is 5.01. The fraction of sp³-hybridized carbons (Fsp3) is 0.565. The van der Waals surface area contributed by atoms with E-state index in [-0.39, 0.29) is 30.6 Å². The summed E-state index contributed by atoms with van der Waals surface area (Å²) < 4.78 is 19.2. The molecule has 1 aromatic carbocycles. The van der Waals surface area contributed by atoms with Gasteiger partial charge in [-0.15, -0.1) is 0 Å². The number of hydrogen-bond acceptors (Lipinski definition) is 4. The standard InChI is InChI=1S/C23H30FN3O3/c1-3-26(12-11-24)19-5-4-6-21(19)30-17-8-9-18-16(13-17)14-27(23(18)29)20-10-7-15(2)25-22(20)28/h8-9,13,19-21H,2-7,10-12,14H2,1H3,(H,25,28)/t19-,20?,21+/m0/s1. The third-order valence-corrected chi connectivity index (χ3v) is 6.56. The van der Waals surface area contributed by atoms with Crippen molar-refractivity contribution in [1.82, 2.24) is 15.1 Å². The number of likely N-dealkylation sites (N-methyl/N-ethyl adjacent to an activating group) is 1. The highest BCUT2D eigenvalue weighted by molar-refractivity contribution is 6.01. The molecular formula is C23H30FN3O3.